The highest BCUT2D eigenvalue weighted by Gasteiger charge is 2.38. The van der Waals surface area contributed by atoms with Crippen molar-refractivity contribution in [1.29, 1.82) is 0 Å². The maximum absolute atomic E-state index is 12.6. The predicted octanol–water partition coefficient (Wildman–Crippen LogP) is 2.20. The number of aliphatic hydroxyl groups excluding tert-OH is 2. The molecule has 10 nitrogen and oxygen atoms in total. The zero-order chi connectivity index (χ0) is 24.9. The lowest BCUT2D eigenvalue weighted by molar-refractivity contribution is -0.172. The number of hydroxylamine groups is 2. The van der Waals surface area contributed by atoms with Gasteiger partial charge in [0.2, 0.25) is 0 Å². The second kappa shape index (κ2) is 8.41. The van der Waals surface area contributed by atoms with Gasteiger partial charge in [-0.1, -0.05) is 24.3 Å². The number of carbonyl (C=O) groups is 4. The topological polar surface area (TPSA) is 151 Å². The molecule has 3 N–H and O–H groups in total. The fraction of sp³-hybridized carbons (Fsp3) is 0.200. The minimum Gasteiger partial charge on any atom is -0.508 e. The molecule has 1 aromatic carbocycles. The van der Waals surface area contributed by atoms with E-state index in [1.807, 2.05) is 0 Å². The standard InChI is InChI=1S/C25H19NO9/c27-13-2-5-16-19(10-13)34-20-11-14(28)3-6-17(20)23(16)15-4-1-12(9-18(15)24(31)32)25(33)35-26-21(29)7-8-22(26)30/h1-6,9-11,13,17,20,27-28H,7-8H2,(H,31,32). The van der Waals surface area contributed by atoms with Crippen LogP contribution in [0.2, 0.25) is 0 Å². The lowest BCUT2D eigenvalue weighted by Crippen LogP contribution is -2.32. The molecule has 178 valence electrons. The van der Waals surface area contributed by atoms with E-state index >= 15 is 0 Å². The number of hydrogen-bond donors (Lipinski definition) is 3. The van der Waals surface area contributed by atoms with E-state index in [4.69, 9.17) is 9.57 Å². The van der Waals surface area contributed by atoms with Gasteiger partial charge >= 0.3 is 11.9 Å². The van der Waals surface area contributed by atoms with Crippen molar-refractivity contribution in [3.63, 3.8) is 0 Å². The number of carboxylic acids is 1. The zero-order valence-electron chi connectivity index (χ0n) is 18.1. The number of rotatable bonds is 4. The van der Waals surface area contributed by atoms with Gasteiger partial charge in [-0.15, -0.1) is 5.06 Å². The molecule has 0 radical (unpaired) electrons. The lowest BCUT2D eigenvalue weighted by atomic mass is 9.77. The molecule has 2 heterocycles. The van der Waals surface area contributed by atoms with Crippen LogP contribution in [0.1, 0.15) is 39.1 Å². The van der Waals surface area contributed by atoms with Crippen LogP contribution in [0, 0.1) is 5.92 Å². The first-order valence-corrected chi connectivity index (χ1v) is 10.8. The molecule has 0 bridgehead atoms. The summed E-state index contributed by atoms with van der Waals surface area (Å²) in [6.07, 6.45) is 7.62. The maximum Gasteiger partial charge on any atom is 0.363 e. The first kappa shape index (κ1) is 22.4. The second-order valence-electron chi connectivity index (χ2n) is 8.29. The highest BCUT2D eigenvalue weighted by Crippen LogP contribution is 2.45. The van der Waals surface area contributed by atoms with Crippen LogP contribution in [0.5, 0.6) is 0 Å². The molecule has 2 aliphatic heterocycles. The summed E-state index contributed by atoms with van der Waals surface area (Å²) < 4.78 is 5.96. The first-order valence-electron chi connectivity index (χ1n) is 10.8. The fourth-order valence-corrected chi connectivity index (χ4v) is 4.44. The van der Waals surface area contributed by atoms with E-state index in [-0.39, 0.29) is 29.7 Å². The van der Waals surface area contributed by atoms with E-state index in [0.717, 1.165) is 6.07 Å². The van der Waals surface area contributed by atoms with Crippen molar-refractivity contribution < 1.29 is 44.1 Å². The fourth-order valence-electron chi connectivity index (χ4n) is 4.44. The molecular formula is C25H19NO9. The molecule has 2 amide bonds. The minimum absolute atomic E-state index is 0.0101. The number of carbonyl (C=O) groups excluding carboxylic acids is 3. The molecule has 0 spiro atoms. The van der Waals surface area contributed by atoms with Crippen LogP contribution in [0.25, 0.3) is 5.57 Å². The quantitative estimate of drug-likeness (QED) is 0.555. The van der Waals surface area contributed by atoms with E-state index in [0.29, 0.717) is 27.5 Å². The van der Waals surface area contributed by atoms with Crippen molar-refractivity contribution in [3.05, 3.63) is 88.4 Å². The second-order valence-corrected chi connectivity index (χ2v) is 8.29. The number of amides is 2. The number of allylic oxidation sites excluding steroid dienone is 2. The van der Waals surface area contributed by atoms with Crippen LogP contribution in [-0.2, 0) is 19.2 Å². The summed E-state index contributed by atoms with van der Waals surface area (Å²) >= 11 is 0. The summed E-state index contributed by atoms with van der Waals surface area (Å²) in [7, 11) is 0. The van der Waals surface area contributed by atoms with Crippen LogP contribution in [0.15, 0.2) is 71.7 Å². The molecular weight excluding hydrogens is 458 g/mol. The Bertz CT molecular complexity index is 1310. The van der Waals surface area contributed by atoms with E-state index in [9.17, 15) is 34.5 Å². The summed E-state index contributed by atoms with van der Waals surface area (Å²) in [4.78, 5) is 53.3. The van der Waals surface area contributed by atoms with Gasteiger partial charge in [-0.2, -0.15) is 0 Å². The summed E-state index contributed by atoms with van der Waals surface area (Å²) in [5.74, 6) is -3.80. The number of carboxylic acid groups (broad SMARTS) is 1. The van der Waals surface area contributed by atoms with E-state index in [2.05, 4.69) is 0 Å². The number of aromatic carboxylic acids is 1. The summed E-state index contributed by atoms with van der Waals surface area (Å²) in [6.45, 7) is 0. The number of nitrogens with zero attached hydrogens (tertiary/aromatic N) is 1. The number of fused-ring (bicyclic) bond motifs is 2. The van der Waals surface area contributed by atoms with Gasteiger partial charge in [-0.05, 0) is 41.5 Å². The number of imide groups is 1. The molecule has 5 rings (SSSR count). The van der Waals surface area contributed by atoms with Crippen molar-refractivity contribution in [1.82, 2.24) is 5.06 Å². The largest absolute Gasteiger partial charge is 0.508 e. The van der Waals surface area contributed by atoms with Crippen LogP contribution in [0.4, 0.5) is 0 Å². The van der Waals surface area contributed by atoms with Crippen molar-refractivity contribution in [3.8, 4) is 0 Å². The first-order chi connectivity index (χ1) is 16.7. The third-order valence-electron chi connectivity index (χ3n) is 6.05. The molecule has 3 atom stereocenters. The van der Waals surface area contributed by atoms with Gasteiger partial charge in [0.15, 0.2) is 0 Å². The molecule has 35 heavy (non-hydrogen) atoms. The maximum atomic E-state index is 12.6. The Morgan fingerprint density at radius 2 is 1.80 bits per heavy atom. The molecule has 10 heteroatoms. The number of hydrogen-bond acceptors (Lipinski definition) is 8. The Morgan fingerprint density at radius 1 is 1.06 bits per heavy atom. The monoisotopic (exact) mass is 477 g/mol. The molecule has 0 aromatic heterocycles. The highest BCUT2D eigenvalue weighted by atomic mass is 16.7. The zero-order valence-corrected chi connectivity index (χ0v) is 18.1. The third-order valence-corrected chi connectivity index (χ3v) is 6.05. The van der Waals surface area contributed by atoms with Crippen LogP contribution < -0.4 is 0 Å². The van der Waals surface area contributed by atoms with Crippen LogP contribution >= 0.6 is 0 Å². The summed E-state index contributed by atoms with van der Waals surface area (Å²) in [5, 5.41) is 30.3. The van der Waals surface area contributed by atoms with Crippen LogP contribution in [-0.4, -0.2) is 56.3 Å². The van der Waals surface area contributed by atoms with E-state index in [1.54, 1.807) is 12.2 Å². The van der Waals surface area contributed by atoms with Gasteiger partial charge in [-0.3, -0.25) is 9.59 Å². The van der Waals surface area contributed by atoms with Gasteiger partial charge in [0.25, 0.3) is 11.8 Å². The van der Waals surface area contributed by atoms with Crippen molar-refractivity contribution >= 4 is 29.3 Å². The van der Waals surface area contributed by atoms with E-state index < -0.39 is 41.9 Å². The average Bonchev–Trinajstić information content (AvgIpc) is 3.14. The van der Waals surface area contributed by atoms with Crippen molar-refractivity contribution in [2.24, 2.45) is 5.92 Å². The SMILES string of the molecule is O=C(ON1C(=O)CCC1=O)c1ccc(C2=C3C=CC(O)C=C3OC3C=C(O)C=CC23)c(C(=O)O)c1. The highest BCUT2D eigenvalue weighted by molar-refractivity contribution is 6.04. The third kappa shape index (κ3) is 3.93. The van der Waals surface area contributed by atoms with Gasteiger partial charge in [0, 0.05) is 24.3 Å². The summed E-state index contributed by atoms with van der Waals surface area (Å²) in [6, 6.07) is 3.91. The number of ether oxygens (including phenoxy) is 1. The van der Waals surface area contributed by atoms with Crippen LogP contribution in [0.3, 0.4) is 0 Å². The number of aliphatic hydroxyl groups is 2. The molecule has 4 aliphatic rings. The van der Waals surface area contributed by atoms with Gasteiger partial charge in [0.05, 0.1) is 17.2 Å². The minimum atomic E-state index is -1.32. The molecule has 1 fully saturated rings. The lowest BCUT2D eigenvalue weighted by Gasteiger charge is -2.37. The Kier molecular flexibility index (Phi) is 5.37. The Hall–Kier alpha value is -4.44. The predicted molar refractivity (Wildman–Crippen MR) is 118 cm³/mol. The number of benzene rings is 1. The normalized spacial score (nSPS) is 24.9. The smallest absolute Gasteiger partial charge is 0.363 e. The molecule has 2 aliphatic carbocycles. The Balaban J connectivity index is 1.58. The van der Waals surface area contributed by atoms with Crippen molar-refractivity contribution in [2.75, 3.05) is 0 Å². The van der Waals surface area contributed by atoms with Gasteiger partial charge in [-0.25, -0.2) is 9.59 Å². The summed E-state index contributed by atoms with van der Waals surface area (Å²) in [5.41, 5.74) is 1.05. The van der Waals surface area contributed by atoms with E-state index in [1.165, 1.54) is 36.4 Å². The van der Waals surface area contributed by atoms with Crippen molar-refractivity contribution in [2.45, 2.75) is 25.0 Å². The molecule has 3 unspecified atom stereocenters. The van der Waals surface area contributed by atoms with Gasteiger partial charge in [0.1, 0.15) is 17.6 Å². The molecule has 0 saturated carbocycles. The molecule has 1 saturated heterocycles. The molecule has 1 aromatic rings. The Labute approximate surface area is 198 Å². The van der Waals surface area contributed by atoms with Gasteiger partial charge < -0.3 is 24.9 Å². The Morgan fingerprint density at radius 3 is 2.51 bits per heavy atom. The average molecular weight is 477 g/mol.